The summed E-state index contributed by atoms with van der Waals surface area (Å²) in [5, 5.41) is 13.1. The number of hydrogen-bond donors (Lipinski definition) is 3. The minimum absolute atomic E-state index is 0.0587. The molecular weight excluding hydrogens is 250 g/mol. The molecule has 0 bridgehead atoms. The molecular formula is C13H19NO3S. The summed E-state index contributed by atoms with van der Waals surface area (Å²) in [6, 6.07) is 5.58. The van der Waals surface area contributed by atoms with Crippen molar-refractivity contribution in [3.05, 3.63) is 29.3 Å². The topological polar surface area (TPSA) is 69.6 Å². The highest BCUT2D eigenvalue weighted by molar-refractivity contribution is 7.78. The molecule has 1 fully saturated rings. The molecule has 100 valence electrons. The Labute approximate surface area is 110 Å². The van der Waals surface area contributed by atoms with Gasteiger partial charge in [-0.2, -0.15) is 0 Å². The standard InChI is InChI=1S/C13H19NO3S/c1-9(15)13-6-12(14-7-10-2-3-10)5-4-11(13)8-18(16)17/h4-6,9-10,14-15H,2-3,7-8H2,1H3,(H,16,17). The number of anilines is 1. The van der Waals surface area contributed by atoms with Gasteiger partial charge < -0.3 is 15.0 Å². The second kappa shape index (κ2) is 5.82. The third kappa shape index (κ3) is 3.80. The minimum atomic E-state index is -1.88. The summed E-state index contributed by atoms with van der Waals surface area (Å²) in [4.78, 5) is 0. The Hall–Kier alpha value is -0.910. The molecule has 3 N–H and O–H groups in total. The van der Waals surface area contributed by atoms with Crippen LogP contribution in [0.25, 0.3) is 0 Å². The van der Waals surface area contributed by atoms with Crippen LogP contribution >= 0.6 is 0 Å². The Morgan fingerprint density at radius 1 is 1.50 bits per heavy atom. The molecule has 0 saturated heterocycles. The van der Waals surface area contributed by atoms with E-state index in [2.05, 4.69) is 5.32 Å². The Kier molecular flexibility index (Phi) is 4.37. The number of benzene rings is 1. The lowest BCUT2D eigenvalue weighted by atomic mass is 10.0. The largest absolute Gasteiger partial charge is 0.389 e. The fourth-order valence-electron chi connectivity index (χ4n) is 1.94. The number of rotatable bonds is 6. The van der Waals surface area contributed by atoms with Crippen molar-refractivity contribution in [2.75, 3.05) is 11.9 Å². The molecule has 0 radical (unpaired) electrons. The van der Waals surface area contributed by atoms with Crippen LogP contribution in [-0.2, 0) is 16.8 Å². The van der Waals surface area contributed by atoms with Gasteiger partial charge in [0.25, 0.3) is 0 Å². The third-order valence-electron chi connectivity index (χ3n) is 3.17. The summed E-state index contributed by atoms with van der Waals surface area (Å²) in [6.45, 7) is 2.63. The van der Waals surface area contributed by atoms with Crippen molar-refractivity contribution in [1.29, 1.82) is 0 Å². The molecule has 2 atom stereocenters. The van der Waals surface area contributed by atoms with Gasteiger partial charge in [0.05, 0.1) is 11.9 Å². The molecule has 0 aliphatic heterocycles. The van der Waals surface area contributed by atoms with Crippen LogP contribution in [0.5, 0.6) is 0 Å². The van der Waals surface area contributed by atoms with Gasteiger partial charge in [0.2, 0.25) is 0 Å². The first kappa shape index (κ1) is 13.5. The van der Waals surface area contributed by atoms with E-state index in [-0.39, 0.29) is 5.75 Å². The summed E-state index contributed by atoms with van der Waals surface area (Å²) in [6.07, 6.45) is 1.95. The van der Waals surface area contributed by atoms with E-state index in [4.69, 9.17) is 4.55 Å². The zero-order valence-corrected chi connectivity index (χ0v) is 11.2. The van der Waals surface area contributed by atoms with Gasteiger partial charge in [0.15, 0.2) is 11.1 Å². The monoisotopic (exact) mass is 269 g/mol. The molecule has 18 heavy (non-hydrogen) atoms. The molecule has 1 aliphatic carbocycles. The predicted octanol–water partition coefficient (Wildman–Crippen LogP) is 2.28. The smallest absolute Gasteiger partial charge is 0.157 e. The highest BCUT2D eigenvalue weighted by Crippen LogP contribution is 2.30. The number of nitrogens with one attached hydrogen (secondary N) is 1. The maximum atomic E-state index is 10.9. The second-order valence-electron chi connectivity index (χ2n) is 4.88. The Morgan fingerprint density at radius 3 is 2.78 bits per heavy atom. The normalized spacial score (nSPS) is 18.4. The summed E-state index contributed by atoms with van der Waals surface area (Å²) >= 11 is -1.88. The Bertz CT molecular complexity index is 444. The molecule has 4 nitrogen and oxygen atoms in total. The molecule has 0 spiro atoms. The first-order valence-corrected chi connectivity index (χ1v) is 7.46. The van der Waals surface area contributed by atoms with Crippen molar-refractivity contribution in [3.8, 4) is 0 Å². The van der Waals surface area contributed by atoms with Gasteiger partial charge in [-0.15, -0.1) is 0 Å². The van der Waals surface area contributed by atoms with Crippen molar-refractivity contribution in [3.63, 3.8) is 0 Å². The third-order valence-corrected chi connectivity index (χ3v) is 3.72. The number of aliphatic hydroxyl groups excluding tert-OH is 1. The summed E-state index contributed by atoms with van der Waals surface area (Å²) < 4.78 is 19.8. The van der Waals surface area contributed by atoms with Crippen LogP contribution in [0.2, 0.25) is 0 Å². The highest BCUT2D eigenvalue weighted by atomic mass is 32.2. The fourth-order valence-corrected chi connectivity index (χ4v) is 2.47. The van der Waals surface area contributed by atoms with Crippen LogP contribution in [-0.4, -0.2) is 20.4 Å². The molecule has 1 saturated carbocycles. The molecule has 2 unspecified atom stereocenters. The molecule has 1 aliphatic rings. The van der Waals surface area contributed by atoms with E-state index in [0.717, 1.165) is 29.3 Å². The zero-order chi connectivity index (χ0) is 13.1. The van der Waals surface area contributed by atoms with E-state index in [9.17, 15) is 9.32 Å². The van der Waals surface area contributed by atoms with Crippen LogP contribution in [0.3, 0.4) is 0 Å². The van der Waals surface area contributed by atoms with Gasteiger partial charge >= 0.3 is 0 Å². The van der Waals surface area contributed by atoms with Crippen molar-refractivity contribution in [2.45, 2.75) is 31.6 Å². The first-order valence-electron chi connectivity index (χ1n) is 6.18. The van der Waals surface area contributed by atoms with E-state index in [1.54, 1.807) is 6.92 Å². The molecule has 2 rings (SSSR count). The molecule has 5 heteroatoms. The molecule has 0 aromatic heterocycles. The van der Waals surface area contributed by atoms with E-state index in [1.165, 1.54) is 12.8 Å². The van der Waals surface area contributed by atoms with Crippen LogP contribution < -0.4 is 5.32 Å². The zero-order valence-electron chi connectivity index (χ0n) is 10.4. The molecule has 1 aromatic carbocycles. The van der Waals surface area contributed by atoms with Crippen LogP contribution in [0.4, 0.5) is 5.69 Å². The lowest BCUT2D eigenvalue weighted by Crippen LogP contribution is -2.06. The van der Waals surface area contributed by atoms with Crippen molar-refractivity contribution < 1.29 is 13.9 Å². The van der Waals surface area contributed by atoms with Gasteiger partial charge in [0.1, 0.15) is 0 Å². The molecule has 0 amide bonds. The van der Waals surface area contributed by atoms with Crippen molar-refractivity contribution in [2.24, 2.45) is 5.92 Å². The van der Waals surface area contributed by atoms with Crippen LogP contribution in [0, 0.1) is 5.92 Å². The van der Waals surface area contributed by atoms with Crippen molar-refractivity contribution in [1.82, 2.24) is 0 Å². The summed E-state index contributed by atoms with van der Waals surface area (Å²) in [5.74, 6) is 0.841. The van der Waals surface area contributed by atoms with E-state index in [0.29, 0.717) is 0 Å². The average molecular weight is 269 g/mol. The van der Waals surface area contributed by atoms with Gasteiger partial charge in [-0.25, -0.2) is 4.21 Å². The van der Waals surface area contributed by atoms with Gasteiger partial charge in [0, 0.05) is 12.2 Å². The minimum Gasteiger partial charge on any atom is -0.389 e. The predicted molar refractivity (Wildman–Crippen MR) is 72.8 cm³/mol. The number of aliphatic hydroxyl groups is 1. The average Bonchev–Trinajstić information content (AvgIpc) is 3.10. The van der Waals surface area contributed by atoms with Gasteiger partial charge in [-0.05, 0) is 48.9 Å². The molecule has 1 aromatic rings. The second-order valence-corrected chi connectivity index (χ2v) is 5.81. The Balaban J connectivity index is 2.12. The SMILES string of the molecule is CC(O)c1cc(NCC2CC2)ccc1CS(=O)O. The highest BCUT2D eigenvalue weighted by Gasteiger charge is 2.20. The number of hydrogen-bond acceptors (Lipinski definition) is 3. The van der Waals surface area contributed by atoms with E-state index in [1.807, 2.05) is 18.2 Å². The Morgan fingerprint density at radius 2 is 2.22 bits per heavy atom. The summed E-state index contributed by atoms with van der Waals surface area (Å²) in [5.41, 5.74) is 2.41. The fraction of sp³-hybridized carbons (Fsp3) is 0.538. The van der Waals surface area contributed by atoms with Crippen LogP contribution in [0.15, 0.2) is 18.2 Å². The maximum Gasteiger partial charge on any atom is 0.157 e. The maximum absolute atomic E-state index is 10.9. The van der Waals surface area contributed by atoms with Crippen molar-refractivity contribution >= 4 is 16.8 Å². The molecule has 0 heterocycles. The summed E-state index contributed by atoms with van der Waals surface area (Å²) in [7, 11) is 0. The van der Waals surface area contributed by atoms with Crippen LogP contribution in [0.1, 0.15) is 37.0 Å². The van der Waals surface area contributed by atoms with Gasteiger partial charge in [-0.1, -0.05) is 6.07 Å². The quantitative estimate of drug-likeness (QED) is 0.693. The van der Waals surface area contributed by atoms with Gasteiger partial charge in [-0.3, -0.25) is 0 Å². The van der Waals surface area contributed by atoms with E-state index < -0.39 is 17.2 Å². The lowest BCUT2D eigenvalue weighted by Gasteiger charge is -2.14. The van der Waals surface area contributed by atoms with E-state index >= 15 is 0 Å². The first-order chi connectivity index (χ1) is 8.56. The lowest BCUT2D eigenvalue weighted by molar-refractivity contribution is 0.198.